The maximum atomic E-state index is 8.84. The van der Waals surface area contributed by atoms with E-state index in [4.69, 9.17) is 4.89 Å². The fraction of sp³-hybridized carbons (Fsp3) is 0. The topological polar surface area (TPSA) is 36.0 Å². The molecule has 56 valence electrons. The van der Waals surface area contributed by atoms with E-state index in [9.17, 15) is 0 Å². The zero-order valence-electron chi connectivity index (χ0n) is 5.83. The predicted octanol–water partition coefficient (Wildman–Crippen LogP) is 1.38. The number of nitrogens with one attached hydrogen (secondary N) is 1. The molecule has 0 aliphatic rings. The zero-order valence-corrected chi connectivity index (χ0v) is 6.83. The minimum absolute atomic E-state index is 0.142. The van der Waals surface area contributed by atoms with Crippen molar-refractivity contribution in [3.05, 3.63) is 30.3 Å². The first-order chi connectivity index (χ1) is 5.40. The van der Waals surface area contributed by atoms with Gasteiger partial charge < -0.3 is 9.88 Å². The molecule has 0 amide bonds. The second-order valence-corrected chi connectivity index (χ2v) is 3.14. The Kier molecular flexibility index (Phi) is 1.65. The lowest BCUT2D eigenvalue weighted by molar-refractivity contribution is 0.654. The van der Waals surface area contributed by atoms with E-state index in [1.165, 1.54) is 0 Å². The summed E-state index contributed by atoms with van der Waals surface area (Å²) in [5.74, 6) is 0. The first-order valence-corrected chi connectivity index (χ1v) is 4.33. The number of hydrogen-bond acceptors (Lipinski definition) is 1. The third-order valence-corrected chi connectivity index (χ3v) is 2.16. The Labute approximate surface area is 66.1 Å². The molecule has 2 N–H and O–H groups in total. The summed E-state index contributed by atoms with van der Waals surface area (Å²) in [6, 6.07) is 9.95. The molecule has 2 aromatic rings. The van der Waals surface area contributed by atoms with Crippen molar-refractivity contribution in [1.82, 2.24) is 4.98 Å². The Bertz CT molecular complexity index is 336. The van der Waals surface area contributed by atoms with Crippen molar-refractivity contribution in [3.63, 3.8) is 0 Å². The first kappa shape index (κ1) is 6.84. The third-order valence-electron chi connectivity index (χ3n) is 1.65. The minimum atomic E-state index is -0.142. The van der Waals surface area contributed by atoms with Gasteiger partial charge in [0.1, 0.15) is 0 Å². The molecule has 0 aliphatic heterocycles. The molecule has 0 bridgehead atoms. The van der Waals surface area contributed by atoms with E-state index >= 15 is 0 Å². The molecule has 0 radical (unpaired) electrons. The summed E-state index contributed by atoms with van der Waals surface area (Å²) in [7, 11) is -0.142. The monoisotopic (exact) mass is 165 g/mol. The van der Waals surface area contributed by atoms with Crippen LogP contribution in [0.4, 0.5) is 0 Å². The highest BCUT2D eigenvalue weighted by atomic mass is 31.1. The van der Waals surface area contributed by atoms with Gasteiger partial charge in [-0.25, -0.2) is 0 Å². The summed E-state index contributed by atoms with van der Waals surface area (Å²) in [4.78, 5) is 11.9. The van der Waals surface area contributed by atoms with E-state index in [-0.39, 0.29) is 8.81 Å². The van der Waals surface area contributed by atoms with E-state index in [0.29, 0.717) is 0 Å². The summed E-state index contributed by atoms with van der Waals surface area (Å²) >= 11 is 0. The molecule has 3 heteroatoms. The molecule has 0 aliphatic carbocycles. The van der Waals surface area contributed by atoms with Crippen LogP contribution in [0.15, 0.2) is 30.3 Å². The minimum Gasteiger partial charge on any atom is -0.371 e. The van der Waals surface area contributed by atoms with Crippen LogP contribution in [0.25, 0.3) is 10.9 Å². The van der Waals surface area contributed by atoms with Gasteiger partial charge in [-0.2, -0.15) is 0 Å². The van der Waals surface area contributed by atoms with Crippen LogP contribution >= 0.6 is 8.81 Å². The molecule has 0 saturated carbocycles. The van der Waals surface area contributed by atoms with E-state index in [2.05, 4.69) is 4.98 Å². The lowest BCUT2D eigenvalue weighted by atomic mass is 10.3. The number of aromatic nitrogens is 1. The van der Waals surface area contributed by atoms with Crippen molar-refractivity contribution < 1.29 is 4.89 Å². The molecule has 2 nitrogen and oxygen atoms in total. The van der Waals surface area contributed by atoms with Crippen LogP contribution in [0.1, 0.15) is 0 Å². The molecule has 0 fully saturated rings. The summed E-state index contributed by atoms with van der Waals surface area (Å²) < 4.78 is 0. The molecule has 1 aromatic heterocycles. The van der Waals surface area contributed by atoms with E-state index in [1.807, 2.05) is 30.3 Å². The van der Waals surface area contributed by atoms with Gasteiger partial charge >= 0.3 is 0 Å². The van der Waals surface area contributed by atoms with Gasteiger partial charge in [-0.1, -0.05) is 18.2 Å². The van der Waals surface area contributed by atoms with Crippen LogP contribution in [0.5, 0.6) is 0 Å². The van der Waals surface area contributed by atoms with Crippen molar-refractivity contribution >= 4 is 25.1 Å². The third kappa shape index (κ3) is 1.15. The van der Waals surface area contributed by atoms with Crippen molar-refractivity contribution in [1.29, 1.82) is 0 Å². The van der Waals surface area contributed by atoms with Crippen LogP contribution < -0.4 is 5.44 Å². The Balaban J connectivity index is 2.69. The largest absolute Gasteiger partial charge is 0.371 e. The maximum absolute atomic E-state index is 8.84. The second kappa shape index (κ2) is 2.65. The molecule has 1 aromatic carbocycles. The molecule has 0 spiro atoms. The van der Waals surface area contributed by atoms with Gasteiger partial charge in [-0.15, -0.1) is 0 Å². The van der Waals surface area contributed by atoms with E-state index in [1.54, 1.807) is 0 Å². The van der Waals surface area contributed by atoms with Crippen LogP contribution in [0.2, 0.25) is 0 Å². The van der Waals surface area contributed by atoms with Gasteiger partial charge in [-0.3, -0.25) is 0 Å². The lowest BCUT2D eigenvalue weighted by Crippen LogP contribution is -1.90. The Morgan fingerprint density at radius 1 is 1.27 bits per heavy atom. The summed E-state index contributed by atoms with van der Waals surface area (Å²) in [6.07, 6.45) is 0. The van der Waals surface area contributed by atoms with Gasteiger partial charge in [0, 0.05) is 10.9 Å². The van der Waals surface area contributed by atoms with Gasteiger partial charge in [0.05, 0.1) is 14.2 Å². The van der Waals surface area contributed by atoms with Crippen molar-refractivity contribution in [3.8, 4) is 0 Å². The highest BCUT2D eigenvalue weighted by Crippen LogP contribution is 2.13. The first-order valence-electron chi connectivity index (χ1n) is 3.38. The number of benzene rings is 1. The van der Waals surface area contributed by atoms with Gasteiger partial charge in [0.2, 0.25) is 0 Å². The van der Waals surface area contributed by atoms with Gasteiger partial charge in [0.15, 0.2) is 0 Å². The average Bonchev–Trinajstić information content (AvgIpc) is 2.46. The van der Waals surface area contributed by atoms with Gasteiger partial charge in [-0.05, 0) is 12.1 Å². The van der Waals surface area contributed by atoms with Crippen molar-refractivity contribution in [2.45, 2.75) is 0 Å². The fourth-order valence-electron chi connectivity index (χ4n) is 1.13. The molecule has 1 heterocycles. The zero-order chi connectivity index (χ0) is 7.68. The molecule has 1 unspecified atom stereocenters. The standard InChI is InChI=1S/C8H8NOP/c10-11-8-5-6-3-1-2-4-7(6)9-8/h1-5,9-11H. The molecular weight excluding hydrogens is 157 g/mol. The highest BCUT2D eigenvalue weighted by molar-refractivity contribution is 7.40. The molecule has 11 heavy (non-hydrogen) atoms. The van der Waals surface area contributed by atoms with Crippen molar-refractivity contribution in [2.75, 3.05) is 0 Å². The highest BCUT2D eigenvalue weighted by Gasteiger charge is 1.96. The number of para-hydroxylation sites is 1. The molecular formula is C8H8NOP. The average molecular weight is 165 g/mol. The maximum Gasteiger partial charge on any atom is 0.0640 e. The molecule has 2 rings (SSSR count). The lowest BCUT2D eigenvalue weighted by Gasteiger charge is -1.84. The molecule has 0 saturated heterocycles. The van der Waals surface area contributed by atoms with Crippen LogP contribution in [-0.4, -0.2) is 9.88 Å². The number of rotatable bonds is 1. The fourth-order valence-corrected chi connectivity index (χ4v) is 1.54. The van der Waals surface area contributed by atoms with E-state index in [0.717, 1.165) is 16.3 Å². The normalized spacial score (nSPS) is 11.7. The molecule has 1 atom stereocenters. The summed E-state index contributed by atoms with van der Waals surface area (Å²) in [5.41, 5.74) is 1.98. The summed E-state index contributed by atoms with van der Waals surface area (Å²) in [5, 5.41) is 1.16. The van der Waals surface area contributed by atoms with Crippen LogP contribution in [0, 0.1) is 0 Å². The number of H-pyrrole nitrogens is 1. The van der Waals surface area contributed by atoms with Crippen LogP contribution in [0.3, 0.4) is 0 Å². The second-order valence-electron chi connectivity index (χ2n) is 2.38. The Hall–Kier alpha value is -0.850. The number of fused-ring (bicyclic) bond motifs is 1. The smallest absolute Gasteiger partial charge is 0.0640 e. The quantitative estimate of drug-likeness (QED) is 0.615. The Morgan fingerprint density at radius 3 is 2.82 bits per heavy atom. The van der Waals surface area contributed by atoms with Gasteiger partial charge in [0.25, 0.3) is 0 Å². The van der Waals surface area contributed by atoms with Crippen LogP contribution in [-0.2, 0) is 0 Å². The SMILES string of the molecule is OPc1cc2ccccc2[nH]1. The summed E-state index contributed by atoms with van der Waals surface area (Å²) in [6.45, 7) is 0. The van der Waals surface area contributed by atoms with E-state index < -0.39 is 0 Å². The predicted molar refractivity (Wildman–Crippen MR) is 48.5 cm³/mol. The number of hydrogen-bond donors (Lipinski definition) is 2. The Morgan fingerprint density at radius 2 is 2.09 bits per heavy atom. The van der Waals surface area contributed by atoms with Crippen molar-refractivity contribution in [2.24, 2.45) is 0 Å². The number of aromatic amines is 1.